The molecule has 0 bridgehead atoms. The maximum atomic E-state index is 13.3. The molecule has 6 aromatic heterocycles. The number of benzene rings is 2. The largest absolute Gasteiger partial charge is 0.462 e. The molecule has 284 valence electrons. The Bertz CT molecular complexity index is 3020. The predicted octanol–water partition coefficient (Wildman–Crippen LogP) is 6.80. The SMILES string of the molecule is CCOC(=O)c1c(=O)c2ccc(Cl)nc2n2c1sc1ccccc12.CCOC(=O)c1c(=O)c2ccc(N3CCN(C(C)=O)CC3)nc2n2c1sc1ccccc12. The molecule has 0 atom stereocenters. The number of hydrogen-bond acceptors (Lipinski definition) is 12. The molecule has 0 saturated carbocycles. The van der Waals surface area contributed by atoms with Crippen LogP contribution in [0.1, 0.15) is 41.5 Å². The van der Waals surface area contributed by atoms with Crippen LogP contribution in [-0.2, 0) is 14.3 Å². The first-order valence-corrected chi connectivity index (χ1v) is 19.9. The number of pyridine rings is 4. The Morgan fingerprint density at radius 2 is 1.16 bits per heavy atom. The highest BCUT2D eigenvalue weighted by Gasteiger charge is 2.26. The van der Waals surface area contributed by atoms with E-state index < -0.39 is 11.9 Å². The zero-order chi connectivity index (χ0) is 39.2. The molecular formula is C40H33ClN6O7S2. The summed E-state index contributed by atoms with van der Waals surface area (Å²) < 4.78 is 15.9. The summed E-state index contributed by atoms with van der Waals surface area (Å²) >= 11 is 8.76. The van der Waals surface area contributed by atoms with Gasteiger partial charge in [0.15, 0.2) is 11.3 Å². The van der Waals surface area contributed by atoms with E-state index in [2.05, 4.69) is 9.88 Å². The third kappa shape index (κ3) is 6.30. The number of amides is 1. The second-order valence-corrected chi connectivity index (χ2v) is 15.3. The second kappa shape index (κ2) is 15.0. The van der Waals surface area contributed by atoms with E-state index in [1.54, 1.807) is 43.4 Å². The molecule has 9 rings (SSSR count). The molecule has 0 spiro atoms. The van der Waals surface area contributed by atoms with Gasteiger partial charge in [0.05, 0.1) is 44.4 Å². The van der Waals surface area contributed by atoms with E-state index in [1.807, 2.05) is 63.9 Å². The maximum Gasteiger partial charge on any atom is 0.345 e. The fraction of sp³-hybridized carbons (Fsp3) is 0.225. The van der Waals surface area contributed by atoms with Crippen molar-refractivity contribution < 1.29 is 23.9 Å². The molecule has 1 saturated heterocycles. The van der Waals surface area contributed by atoms with Crippen molar-refractivity contribution in [1.82, 2.24) is 23.7 Å². The van der Waals surface area contributed by atoms with Gasteiger partial charge in [-0.2, -0.15) is 0 Å². The first-order chi connectivity index (χ1) is 27.1. The summed E-state index contributed by atoms with van der Waals surface area (Å²) in [4.78, 5) is 77.1. The maximum absolute atomic E-state index is 13.3. The van der Waals surface area contributed by atoms with Crippen molar-refractivity contribution in [2.75, 3.05) is 44.3 Å². The Hall–Kier alpha value is -5.90. The number of carbonyl (C=O) groups is 3. The van der Waals surface area contributed by atoms with Crippen LogP contribution in [0, 0.1) is 0 Å². The fourth-order valence-electron chi connectivity index (χ4n) is 6.94. The lowest BCUT2D eigenvalue weighted by atomic mass is 10.2. The first-order valence-electron chi connectivity index (χ1n) is 17.9. The number of rotatable bonds is 5. The van der Waals surface area contributed by atoms with Crippen LogP contribution >= 0.6 is 34.3 Å². The summed E-state index contributed by atoms with van der Waals surface area (Å²) in [5, 5.41) is 0.999. The van der Waals surface area contributed by atoms with Gasteiger partial charge >= 0.3 is 11.9 Å². The van der Waals surface area contributed by atoms with Crippen molar-refractivity contribution >= 4 is 110 Å². The van der Waals surface area contributed by atoms with E-state index >= 15 is 0 Å². The van der Waals surface area contributed by atoms with Crippen LogP contribution in [0.3, 0.4) is 0 Å². The van der Waals surface area contributed by atoms with Gasteiger partial charge in [0, 0.05) is 33.1 Å². The highest BCUT2D eigenvalue weighted by Crippen LogP contribution is 2.33. The summed E-state index contributed by atoms with van der Waals surface area (Å²) in [6.07, 6.45) is 0. The average molecular weight is 809 g/mol. The molecule has 1 aliphatic rings. The zero-order valence-corrected chi connectivity index (χ0v) is 32.8. The first kappa shape index (κ1) is 37.0. The highest BCUT2D eigenvalue weighted by atomic mass is 35.5. The van der Waals surface area contributed by atoms with Gasteiger partial charge in [0.25, 0.3) is 0 Å². The molecule has 16 heteroatoms. The standard InChI is InChI=1S/C23H22N4O4S.C17H11ClN2O3S/c1-3-31-23(30)19-20(29)15-8-9-18(26-12-10-25(11-13-26)14(2)28)24-21(15)27-16-6-4-5-7-17(16)32-22(19)27;1-2-23-17(22)13-14(21)9-7-8-12(18)19-15(9)20-10-5-3-4-6-11(10)24-16(13)20/h4-9H,3,10-13H2,1-2H3;3-8H,2H2,1H3. The Labute approximate surface area is 330 Å². The lowest BCUT2D eigenvalue weighted by Crippen LogP contribution is -2.48. The van der Waals surface area contributed by atoms with E-state index in [-0.39, 0.29) is 46.3 Å². The lowest BCUT2D eigenvalue weighted by molar-refractivity contribution is -0.129. The van der Waals surface area contributed by atoms with Crippen LogP contribution in [0.15, 0.2) is 82.4 Å². The molecule has 0 radical (unpaired) electrons. The summed E-state index contributed by atoms with van der Waals surface area (Å²) in [5.41, 5.74) is 2.02. The van der Waals surface area contributed by atoms with E-state index in [0.29, 0.717) is 57.9 Å². The van der Waals surface area contributed by atoms with E-state index in [0.717, 1.165) is 26.3 Å². The van der Waals surface area contributed by atoms with Crippen molar-refractivity contribution in [1.29, 1.82) is 0 Å². The summed E-state index contributed by atoms with van der Waals surface area (Å²) in [5.74, 6) is -0.426. The molecule has 1 aliphatic heterocycles. The van der Waals surface area contributed by atoms with Crippen LogP contribution < -0.4 is 15.8 Å². The highest BCUT2D eigenvalue weighted by molar-refractivity contribution is 7.24. The van der Waals surface area contributed by atoms with Crippen LogP contribution in [0.25, 0.3) is 52.2 Å². The van der Waals surface area contributed by atoms with E-state index in [4.69, 9.17) is 26.1 Å². The van der Waals surface area contributed by atoms with Gasteiger partial charge in [-0.15, -0.1) is 22.7 Å². The number of hydrogen-bond donors (Lipinski definition) is 0. The smallest absolute Gasteiger partial charge is 0.345 e. The van der Waals surface area contributed by atoms with Crippen molar-refractivity contribution in [3.05, 3.63) is 110 Å². The zero-order valence-electron chi connectivity index (χ0n) is 30.4. The Balaban J connectivity index is 0.000000164. The van der Waals surface area contributed by atoms with Gasteiger partial charge in [0.1, 0.15) is 31.8 Å². The number of anilines is 1. The third-order valence-electron chi connectivity index (χ3n) is 9.54. The summed E-state index contributed by atoms with van der Waals surface area (Å²) in [7, 11) is 0. The fourth-order valence-corrected chi connectivity index (χ4v) is 9.43. The summed E-state index contributed by atoms with van der Waals surface area (Å²) in [6.45, 7) is 8.00. The van der Waals surface area contributed by atoms with Crippen molar-refractivity contribution in [3.63, 3.8) is 0 Å². The van der Waals surface area contributed by atoms with Gasteiger partial charge in [-0.1, -0.05) is 35.9 Å². The predicted molar refractivity (Wildman–Crippen MR) is 220 cm³/mol. The number of para-hydroxylation sites is 2. The number of halogens is 1. The van der Waals surface area contributed by atoms with Gasteiger partial charge < -0.3 is 19.3 Å². The van der Waals surface area contributed by atoms with Gasteiger partial charge in [-0.05, 0) is 62.4 Å². The van der Waals surface area contributed by atoms with Gasteiger partial charge in [-0.3, -0.25) is 23.2 Å². The monoisotopic (exact) mass is 808 g/mol. The number of piperazine rings is 1. The lowest BCUT2D eigenvalue weighted by Gasteiger charge is -2.35. The number of carbonyl (C=O) groups excluding carboxylic acids is 3. The van der Waals surface area contributed by atoms with Crippen LogP contribution in [0.5, 0.6) is 0 Å². The Morgan fingerprint density at radius 3 is 1.66 bits per heavy atom. The van der Waals surface area contributed by atoms with Crippen LogP contribution in [-0.4, -0.2) is 80.9 Å². The van der Waals surface area contributed by atoms with Crippen LogP contribution in [0.4, 0.5) is 5.82 Å². The third-order valence-corrected chi connectivity index (χ3v) is 12.0. The molecule has 1 fully saturated rings. The number of ether oxygens (including phenoxy) is 2. The number of thiazole rings is 2. The number of fused-ring (bicyclic) bond motifs is 10. The molecule has 1 amide bonds. The van der Waals surface area contributed by atoms with E-state index in [1.165, 1.54) is 22.7 Å². The minimum Gasteiger partial charge on any atom is -0.462 e. The van der Waals surface area contributed by atoms with Crippen molar-refractivity contribution in [2.24, 2.45) is 0 Å². The second-order valence-electron chi connectivity index (χ2n) is 12.8. The molecule has 13 nitrogen and oxygen atoms in total. The molecule has 56 heavy (non-hydrogen) atoms. The van der Waals surface area contributed by atoms with Crippen molar-refractivity contribution in [3.8, 4) is 0 Å². The summed E-state index contributed by atoms with van der Waals surface area (Å²) in [6, 6.07) is 22.1. The molecule has 0 N–H and O–H groups in total. The number of aromatic nitrogens is 4. The average Bonchev–Trinajstić information content (AvgIpc) is 3.77. The normalized spacial score (nSPS) is 13.1. The molecule has 2 aromatic carbocycles. The minimum atomic E-state index is -0.622. The molecule has 7 heterocycles. The molecular weight excluding hydrogens is 776 g/mol. The Kier molecular flexibility index (Phi) is 9.91. The van der Waals surface area contributed by atoms with Gasteiger partial charge in [-0.25, -0.2) is 19.6 Å². The molecule has 8 aromatic rings. The van der Waals surface area contributed by atoms with Crippen LogP contribution in [0.2, 0.25) is 5.15 Å². The van der Waals surface area contributed by atoms with E-state index in [9.17, 15) is 24.0 Å². The Morgan fingerprint density at radius 1 is 0.679 bits per heavy atom. The van der Waals surface area contributed by atoms with Crippen molar-refractivity contribution in [2.45, 2.75) is 20.8 Å². The molecule has 0 aliphatic carbocycles. The number of esters is 2. The minimum absolute atomic E-state index is 0.0367. The molecule has 0 unspecified atom stereocenters. The topological polar surface area (TPSA) is 145 Å². The van der Waals surface area contributed by atoms with Gasteiger partial charge in [0.2, 0.25) is 16.8 Å². The quantitative estimate of drug-likeness (QED) is 0.135. The number of nitrogens with zero attached hydrogens (tertiary/aromatic N) is 6.